The molecule has 0 aliphatic heterocycles. The summed E-state index contributed by atoms with van der Waals surface area (Å²) in [5, 5.41) is 1.73. The van der Waals surface area contributed by atoms with Gasteiger partial charge in [0.05, 0.1) is 41.2 Å². The molecule has 4 aromatic rings. The average Bonchev–Trinajstić information content (AvgIpc) is 3.20. The monoisotopic (exact) mass is 492 g/mol. The first kappa shape index (κ1) is 24.6. The number of esters is 1. The normalized spacial score (nSPS) is 11.8. The number of carbonyl (C=O) groups excluding carboxylic acids is 2. The number of hydrogen-bond acceptors (Lipinski definition) is 6. The quantitative estimate of drug-likeness (QED) is 0.237. The van der Waals surface area contributed by atoms with Crippen molar-refractivity contribution in [2.45, 2.75) is 27.3 Å². The van der Waals surface area contributed by atoms with E-state index in [4.69, 9.17) is 14.2 Å². The van der Waals surface area contributed by atoms with Crippen LogP contribution in [0.25, 0.3) is 21.0 Å². The first-order chi connectivity index (χ1) is 17.1. The van der Waals surface area contributed by atoms with E-state index < -0.39 is 0 Å². The second-order valence-corrected chi connectivity index (χ2v) is 8.66. The number of hydrogen-bond donors (Lipinski definition) is 0. The van der Waals surface area contributed by atoms with Gasteiger partial charge in [-0.15, -0.1) is 0 Å². The van der Waals surface area contributed by atoms with Crippen LogP contribution in [0.2, 0.25) is 0 Å². The molecule has 0 atom stereocenters. The third-order valence-corrected chi connectivity index (χ3v) is 6.50. The van der Waals surface area contributed by atoms with Gasteiger partial charge in [0.25, 0.3) is 5.91 Å². The van der Waals surface area contributed by atoms with Crippen LogP contribution in [0.1, 0.15) is 41.5 Å². The van der Waals surface area contributed by atoms with E-state index in [9.17, 15) is 9.59 Å². The molecule has 0 bridgehead atoms. The van der Waals surface area contributed by atoms with Gasteiger partial charge in [-0.05, 0) is 55.8 Å². The van der Waals surface area contributed by atoms with Gasteiger partial charge in [0.15, 0.2) is 4.80 Å². The van der Waals surface area contributed by atoms with Gasteiger partial charge in [0.2, 0.25) is 0 Å². The summed E-state index contributed by atoms with van der Waals surface area (Å²) in [5.41, 5.74) is 1.77. The average molecular weight is 493 g/mol. The molecule has 0 aliphatic rings. The minimum atomic E-state index is -0.382. The van der Waals surface area contributed by atoms with Crippen LogP contribution < -0.4 is 9.54 Å². The number of thiazole rings is 1. The molecule has 1 amide bonds. The largest absolute Gasteiger partial charge is 0.493 e. The van der Waals surface area contributed by atoms with Gasteiger partial charge in [-0.2, -0.15) is 4.99 Å². The Morgan fingerprint density at radius 1 is 0.971 bits per heavy atom. The predicted octanol–water partition coefficient (Wildman–Crippen LogP) is 5.21. The van der Waals surface area contributed by atoms with E-state index in [1.807, 2.05) is 60.9 Å². The van der Waals surface area contributed by atoms with Crippen molar-refractivity contribution in [3.05, 3.63) is 70.5 Å². The molecule has 0 spiro atoms. The molecule has 35 heavy (non-hydrogen) atoms. The molecule has 8 heteroatoms. The van der Waals surface area contributed by atoms with Gasteiger partial charge in [0, 0.05) is 13.2 Å². The minimum Gasteiger partial charge on any atom is -0.493 e. The van der Waals surface area contributed by atoms with Crippen molar-refractivity contribution in [1.82, 2.24) is 4.57 Å². The Balaban J connectivity index is 1.86. The van der Waals surface area contributed by atoms with Gasteiger partial charge in [-0.3, -0.25) is 4.79 Å². The maximum absolute atomic E-state index is 13.6. The zero-order valence-corrected chi connectivity index (χ0v) is 20.9. The number of amides is 1. The van der Waals surface area contributed by atoms with E-state index in [1.54, 1.807) is 19.1 Å². The lowest BCUT2D eigenvalue weighted by molar-refractivity contribution is 0.0526. The second-order valence-electron chi connectivity index (χ2n) is 7.65. The summed E-state index contributed by atoms with van der Waals surface area (Å²) in [6.45, 7) is 7.92. The first-order valence-electron chi connectivity index (χ1n) is 11.7. The molecule has 0 unspecified atom stereocenters. The Kier molecular flexibility index (Phi) is 7.94. The van der Waals surface area contributed by atoms with Crippen LogP contribution in [0.3, 0.4) is 0 Å². The van der Waals surface area contributed by atoms with Crippen molar-refractivity contribution < 1.29 is 23.8 Å². The van der Waals surface area contributed by atoms with Gasteiger partial charge in [0.1, 0.15) is 5.75 Å². The highest BCUT2D eigenvalue weighted by atomic mass is 32.1. The van der Waals surface area contributed by atoms with Crippen molar-refractivity contribution in [2.75, 3.05) is 26.4 Å². The van der Waals surface area contributed by atoms with Crippen molar-refractivity contribution in [3.8, 4) is 5.75 Å². The lowest BCUT2D eigenvalue weighted by Gasteiger charge is -2.11. The SMILES string of the molecule is CCOCCn1c(=NC(=O)c2c(OCC)ccc3ccccc23)sc2cc(C(=O)OCC)ccc21. The minimum absolute atomic E-state index is 0.304. The molecule has 1 heterocycles. The molecule has 182 valence electrons. The number of benzene rings is 3. The standard InChI is InChI=1S/C27H28N2O5S/c1-4-32-16-15-29-21-13-11-19(26(31)34-6-3)17-23(21)35-27(29)28-25(30)24-20-10-8-7-9-18(20)12-14-22(24)33-5-2/h7-14,17H,4-6,15-16H2,1-3H3. The first-order valence-corrected chi connectivity index (χ1v) is 12.5. The van der Waals surface area contributed by atoms with E-state index in [0.29, 0.717) is 54.7 Å². The molecule has 0 radical (unpaired) electrons. The fourth-order valence-electron chi connectivity index (χ4n) is 3.91. The Bertz CT molecular complexity index is 1440. The van der Waals surface area contributed by atoms with Crippen molar-refractivity contribution >= 4 is 44.2 Å². The van der Waals surface area contributed by atoms with Crippen molar-refractivity contribution in [2.24, 2.45) is 4.99 Å². The van der Waals surface area contributed by atoms with Crippen LogP contribution in [0.5, 0.6) is 5.75 Å². The molecule has 0 saturated carbocycles. The van der Waals surface area contributed by atoms with Crippen LogP contribution in [-0.4, -0.2) is 42.9 Å². The Labute approximate surface area is 207 Å². The molecular formula is C27H28N2O5S. The van der Waals surface area contributed by atoms with Gasteiger partial charge >= 0.3 is 5.97 Å². The summed E-state index contributed by atoms with van der Waals surface area (Å²) < 4.78 is 19.3. The number of nitrogens with zero attached hydrogens (tertiary/aromatic N) is 2. The lowest BCUT2D eigenvalue weighted by Crippen LogP contribution is -2.20. The number of carbonyl (C=O) groups is 2. The van der Waals surface area contributed by atoms with Crippen molar-refractivity contribution in [1.29, 1.82) is 0 Å². The summed E-state index contributed by atoms with van der Waals surface area (Å²) in [5.74, 6) is -0.255. The van der Waals surface area contributed by atoms with Gasteiger partial charge in [-0.1, -0.05) is 41.7 Å². The van der Waals surface area contributed by atoms with E-state index in [-0.39, 0.29) is 11.9 Å². The van der Waals surface area contributed by atoms with E-state index in [1.165, 1.54) is 11.3 Å². The van der Waals surface area contributed by atoms with Gasteiger partial charge < -0.3 is 18.8 Å². The highest BCUT2D eigenvalue weighted by Crippen LogP contribution is 2.29. The summed E-state index contributed by atoms with van der Waals surface area (Å²) >= 11 is 1.35. The van der Waals surface area contributed by atoms with Crippen molar-refractivity contribution in [3.63, 3.8) is 0 Å². The molecule has 0 fully saturated rings. The Morgan fingerprint density at radius 3 is 2.57 bits per heavy atom. The molecule has 4 rings (SSSR count). The van der Waals surface area contributed by atoms with Crippen LogP contribution in [0.4, 0.5) is 0 Å². The van der Waals surface area contributed by atoms with E-state index >= 15 is 0 Å². The molecule has 7 nitrogen and oxygen atoms in total. The summed E-state index contributed by atoms with van der Waals surface area (Å²) in [6, 6.07) is 16.8. The fraction of sp³-hybridized carbons (Fsp3) is 0.296. The third-order valence-electron chi connectivity index (χ3n) is 5.46. The molecule has 0 N–H and O–H groups in total. The zero-order valence-electron chi connectivity index (χ0n) is 20.1. The number of ether oxygens (including phenoxy) is 3. The molecule has 1 aromatic heterocycles. The lowest BCUT2D eigenvalue weighted by atomic mass is 10.0. The molecular weight excluding hydrogens is 464 g/mol. The van der Waals surface area contributed by atoms with E-state index in [0.717, 1.165) is 21.0 Å². The smallest absolute Gasteiger partial charge is 0.338 e. The fourth-order valence-corrected chi connectivity index (χ4v) is 5.00. The molecule has 3 aromatic carbocycles. The second kappa shape index (κ2) is 11.3. The van der Waals surface area contributed by atoms with Crippen LogP contribution in [0.15, 0.2) is 59.6 Å². The topological polar surface area (TPSA) is 79.1 Å². The highest BCUT2D eigenvalue weighted by Gasteiger charge is 2.18. The number of rotatable bonds is 9. The Morgan fingerprint density at radius 2 is 1.80 bits per heavy atom. The molecule has 0 saturated heterocycles. The van der Waals surface area contributed by atoms with Crippen LogP contribution in [0, 0.1) is 0 Å². The number of fused-ring (bicyclic) bond motifs is 2. The summed E-state index contributed by atoms with van der Waals surface area (Å²) in [4.78, 5) is 30.9. The predicted molar refractivity (Wildman–Crippen MR) is 137 cm³/mol. The Hall–Kier alpha value is -3.49. The number of aromatic nitrogens is 1. The maximum atomic E-state index is 13.6. The van der Waals surface area contributed by atoms with Gasteiger partial charge in [-0.25, -0.2) is 4.79 Å². The van der Waals surface area contributed by atoms with Crippen LogP contribution >= 0.6 is 11.3 Å². The summed E-state index contributed by atoms with van der Waals surface area (Å²) in [7, 11) is 0. The zero-order chi connectivity index (χ0) is 24.8. The van der Waals surface area contributed by atoms with Crippen LogP contribution in [-0.2, 0) is 16.0 Å². The third kappa shape index (κ3) is 5.28. The van der Waals surface area contributed by atoms with E-state index in [2.05, 4.69) is 4.99 Å². The summed E-state index contributed by atoms with van der Waals surface area (Å²) in [6.07, 6.45) is 0. The maximum Gasteiger partial charge on any atom is 0.338 e. The highest BCUT2D eigenvalue weighted by molar-refractivity contribution is 7.16. The molecule has 0 aliphatic carbocycles.